The van der Waals surface area contributed by atoms with Gasteiger partial charge in [0.05, 0.1) is 11.1 Å². The van der Waals surface area contributed by atoms with E-state index in [-0.39, 0.29) is 17.7 Å². The topological polar surface area (TPSA) is 19.6 Å². The fourth-order valence-electron chi connectivity index (χ4n) is 14.3. The van der Waals surface area contributed by atoms with Gasteiger partial charge in [-0.2, -0.15) is 0 Å². The Morgan fingerprint density at radius 2 is 1.07 bits per heavy atom. The zero-order valence-electron chi connectivity index (χ0n) is 41.0. The third-order valence-electron chi connectivity index (χ3n) is 17.4. The lowest BCUT2D eigenvalue weighted by Gasteiger charge is -2.52. The second-order valence-electron chi connectivity index (χ2n) is 22.3. The van der Waals surface area contributed by atoms with Gasteiger partial charge in [0, 0.05) is 55.6 Å². The van der Waals surface area contributed by atoms with Crippen molar-refractivity contribution in [2.45, 2.75) is 50.9 Å². The van der Waals surface area contributed by atoms with E-state index in [2.05, 4.69) is 251 Å². The number of anilines is 5. The summed E-state index contributed by atoms with van der Waals surface area (Å²) in [6.07, 6.45) is 0. The lowest BCUT2D eigenvalue weighted by Crippen LogP contribution is -2.63. The Balaban J connectivity index is 1.10. The first-order valence-corrected chi connectivity index (χ1v) is 25.6. The summed E-state index contributed by atoms with van der Waals surface area (Å²) in [5.74, 6) is 0. The SMILES string of the molecule is CC(C)(C)c1ccc(N2c3cc4c(cc3B3c5c2cc2c(oc6ccccc62)c5-c2cccc5c2N3c2ccccc2C52c3ccccc3-c3ccccc32)C(C)(C)c2ccccc2-4)c(-c2ccccc2)c1. The van der Waals surface area contributed by atoms with Crippen LogP contribution in [0, 0.1) is 0 Å². The Morgan fingerprint density at radius 3 is 1.82 bits per heavy atom. The van der Waals surface area contributed by atoms with Gasteiger partial charge in [0.15, 0.2) is 0 Å². The molecule has 0 N–H and O–H groups in total. The maximum absolute atomic E-state index is 7.29. The lowest BCUT2D eigenvalue weighted by molar-refractivity contribution is 0.590. The van der Waals surface area contributed by atoms with E-state index in [9.17, 15) is 0 Å². The molecule has 4 heterocycles. The van der Waals surface area contributed by atoms with Gasteiger partial charge in [-0.15, -0.1) is 0 Å². The van der Waals surface area contributed by atoms with Crippen LogP contribution in [0.2, 0.25) is 0 Å². The fourth-order valence-corrected chi connectivity index (χ4v) is 14.3. The molecule has 0 saturated heterocycles. The summed E-state index contributed by atoms with van der Waals surface area (Å²) < 4.78 is 7.29. The van der Waals surface area contributed by atoms with Crippen LogP contribution >= 0.6 is 0 Å². The summed E-state index contributed by atoms with van der Waals surface area (Å²) in [4.78, 5) is 5.40. The van der Waals surface area contributed by atoms with E-state index in [1.54, 1.807) is 0 Å². The zero-order valence-corrected chi connectivity index (χ0v) is 41.0. The minimum Gasteiger partial charge on any atom is -0.455 e. The van der Waals surface area contributed by atoms with E-state index in [0.29, 0.717) is 0 Å². The quantitative estimate of drug-likeness (QED) is 0.161. The number of nitrogens with zero attached hydrogens (tertiary/aromatic N) is 2. The van der Waals surface area contributed by atoms with Gasteiger partial charge in [0.2, 0.25) is 0 Å². The summed E-state index contributed by atoms with van der Waals surface area (Å²) in [6.45, 7) is 11.6. The van der Waals surface area contributed by atoms with Gasteiger partial charge in [0.1, 0.15) is 11.2 Å². The highest BCUT2D eigenvalue weighted by Gasteiger charge is 2.57. The first kappa shape index (κ1) is 40.4. The number of fused-ring (bicyclic) bond motifs is 20. The molecule has 0 unspecified atom stereocenters. The molecule has 1 spiro atoms. The Labute approximate surface area is 420 Å². The van der Waals surface area contributed by atoms with E-state index in [4.69, 9.17) is 4.42 Å². The van der Waals surface area contributed by atoms with Gasteiger partial charge in [-0.05, 0) is 120 Å². The van der Waals surface area contributed by atoms with Crippen molar-refractivity contribution in [1.82, 2.24) is 0 Å². The molecule has 3 nitrogen and oxygen atoms in total. The molecule has 72 heavy (non-hydrogen) atoms. The number of rotatable bonds is 2. The van der Waals surface area contributed by atoms with Gasteiger partial charge < -0.3 is 14.1 Å². The van der Waals surface area contributed by atoms with Crippen LogP contribution in [0.3, 0.4) is 0 Å². The molecule has 0 radical (unpaired) electrons. The number of hydrogen-bond acceptors (Lipinski definition) is 3. The van der Waals surface area contributed by atoms with Crippen molar-refractivity contribution in [1.29, 1.82) is 0 Å². The fraction of sp³-hybridized carbons (Fsp3) is 0.118. The molecule has 4 heteroatoms. The van der Waals surface area contributed by atoms with Crippen LogP contribution in [0.1, 0.15) is 73.6 Å². The number of hydrogen-bond donors (Lipinski definition) is 0. The molecular formula is C68H49BN2O. The Morgan fingerprint density at radius 1 is 0.444 bits per heavy atom. The number of furan rings is 1. The molecule has 5 aliphatic rings. The first-order chi connectivity index (χ1) is 35.1. The lowest BCUT2D eigenvalue weighted by atomic mass is 9.42. The van der Waals surface area contributed by atoms with Crippen molar-refractivity contribution in [3.05, 3.63) is 245 Å². The van der Waals surface area contributed by atoms with Gasteiger partial charge in [-0.3, -0.25) is 0 Å². The van der Waals surface area contributed by atoms with Crippen LogP contribution in [0.5, 0.6) is 0 Å². The third-order valence-corrected chi connectivity index (χ3v) is 17.4. The molecule has 3 aliphatic heterocycles. The van der Waals surface area contributed by atoms with E-state index >= 15 is 0 Å². The molecule has 11 aromatic rings. The molecule has 16 rings (SSSR count). The monoisotopic (exact) mass is 920 g/mol. The largest absolute Gasteiger partial charge is 0.455 e. The molecule has 0 amide bonds. The maximum atomic E-state index is 7.29. The van der Waals surface area contributed by atoms with Crippen LogP contribution in [-0.2, 0) is 16.2 Å². The highest BCUT2D eigenvalue weighted by Crippen LogP contribution is 2.66. The van der Waals surface area contributed by atoms with Crippen LogP contribution in [0.25, 0.3) is 66.4 Å². The normalized spacial score (nSPS) is 15.4. The molecule has 0 atom stereocenters. The molecule has 1 aromatic heterocycles. The van der Waals surface area contributed by atoms with E-state index in [1.165, 1.54) is 117 Å². The zero-order chi connectivity index (χ0) is 48.0. The van der Waals surface area contributed by atoms with Crippen molar-refractivity contribution < 1.29 is 4.42 Å². The van der Waals surface area contributed by atoms with Crippen molar-refractivity contribution in [3.8, 4) is 44.5 Å². The molecule has 10 aromatic carbocycles. The minimum atomic E-state index is -0.557. The summed E-state index contributed by atoms with van der Waals surface area (Å²) in [6, 6.07) is 78.5. The van der Waals surface area contributed by atoms with Gasteiger partial charge >= 0.3 is 6.85 Å². The van der Waals surface area contributed by atoms with E-state index < -0.39 is 5.41 Å². The predicted molar refractivity (Wildman–Crippen MR) is 300 cm³/mol. The predicted octanol–water partition coefficient (Wildman–Crippen LogP) is 16.2. The molecular weight excluding hydrogens is 872 g/mol. The van der Waals surface area contributed by atoms with E-state index in [0.717, 1.165) is 27.6 Å². The standard InChI is InChI=1S/C68H49BN2O/c1-66(2,3)41-34-35-57(47(36-41)40-20-7-6-8-21-40)70-59-37-48-44-24-9-13-27-50(44)67(4,5)55(48)39-56(59)69-63-60(70)38-49-45-25-12-18-33-61(45)72-65(49)62(63)46-26-19-31-54-64(46)71(69)58-32-17-16-30-53(58)68(54)51-28-14-10-22-42(51)43-23-11-15-29-52(43)68/h6-39H,1-5H3. The summed E-state index contributed by atoms with van der Waals surface area (Å²) in [5, 5.41) is 2.25. The van der Waals surface area contributed by atoms with Crippen LogP contribution < -0.4 is 20.6 Å². The Bertz CT molecular complexity index is 4160. The molecule has 0 bridgehead atoms. The smallest absolute Gasteiger partial charge is 0.333 e. The van der Waals surface area contributed by atoms with Crippen molar-refractivity contribution in [2.24, 2.45) is 0 Å². The molecule has 2 aliphatic carbocycles. The number of para-hydroxylation sites is 3. The van der Waals surface area contributed by atoms with Gasteiger partial charge in [-0.1, -0.05) is 204 Å². The van der Waals surface area contributed by atoms with E-state index in [1.807, 2.05) is 0 Å². The van der Waals surface area contributed by atoms with Crippen LogP contribution in [0.4, 0.5) is 28.4 Å². The third kappa shape index (κ3) is 4.88. The summed E-state index contributed by atoms with van der Waals surface area (Å²) >= 11 is 0. The van der Waals surface area contributed by atoms with Crippen LogP contribution in [0.15, 0.2) is 211 Å². The first-order valence-electron chi connectivity index (χ1n) is 25.6. The summed E-state index contributed by atoms with van der Waals surface area (Å²) in [5.41, 5.74) is 28.9. The summed E-state index contributed by atoms with van der Waals surface area (Å²) in [7, 11) is 0. The average Bonchev–Trinajstić information content (AvgIpc) is 4.02. The van der Waals surface area contributed by atoms with Crippen molar-refractivity contribution in [3.63, 3.8) is 0 Å². The van der Waals surface area contributed by atoms with Gasteiger partial charge in [0.25, 0.3) is 0 Å². The average molecular weight is 921 g/mol. The second kappa shape index (κ2) is 13.7. The highest BCUT2D eigenvalue weighted by molar-refractivity contribution is 6.94. The number of benzene rings is 10. The molecule has 0 fully saturated rings. The highest BCUT2D eigenvalue weighted by atomic mass is 16.3. The molecule has 340 valence electrons. The maximum Gasteiger partial charge on any atom is 0.333 e. The Kier molecular flexibility index (Phi) is 7.71. The minimum absolute atomic E-state index is 0.0579. The van der Waals surface area contributed by atoms with Crippen molar-refractivity contribution >= 4 is 68.1 Å². The van der Waals surface area contributed by atoms with Gasteiger partial charge in [-0.25, -0.2) is 0 Å². The van der Waals surface area contributed by atoms with Crippen LogP contribution in [-0.4, -0.2) is 6.85 Å². The van der Waals surface area contributed by atoms with Crippen molar-refractivity contribution in [2.75, 3.05) is 9.71 Å². The second-order valence-corrected chi connectivity index (χ2v) is 22.3. The Hall–Kier alpha value is -8.34. The molecule has 0 saturated carbocycles.